The Balaban J connectivity index is 1.99. The zero-order valence-electron chi connectivity index (χ0n) is 13.7. The second kappa shape index (κ2) is 6.69. The molecule has 2 aromatic carbocycles. The molecule has 8 nitrogen and oxygen atoms in total. The Labute approximate surface area is 154 Å². The zero-order valence-corrected chi connectivity index (χ0v) is 14.6. The fraction of sp³-hybridized carbons (Fsp3) is 0.118. The van der Waals surface area contributed by atoms with E-state index in [1.807, 2.05) is 6.07 Å². The second-order valence-corrected chi connectivity index (χ2v) is 7.66. The van der Waals surface area contributed by atoms with Crippen molar-refractivity contribution in [3.8, 4) is 6.07 Å². The molecule has 0 spiro atoms. The third-order valence-corrected chi connectivity index (χ3v) is 6.06. The van der Waals surface area contributed by atoms with Crippen LogP contribution < -0.4 is 5.73 Å². The standard InChI is InChI=1S/C17H13FN4O4S/c18-12-3-1-11(2-4-12)16-10-21(17(20)15(16)9-19)27(25,26)14-7-5-13(6-8-14)22(23)24/h1-8,16H,10,20H2. The predicted octanol–water partition coefficient (Wildman–Crippen LogP) is 2.22. The van der Waals surface area contributed by atoms with Crippen molar-refractivity contribution in [3.05, 3.63) is 81.4 Å². The summed E-state index contributed by atoms with van der Waals surface area (Å²) in [6.45, 7) is -0.125. The Bertz CT molecular complexity index is 1070. The first-order valence-electron chi connectivity index (χ1n) is 7.68. The van der Waals surface area contributed by atoms with Crippen LogP contribution in [0.15, 0.2) is 64.8 Å². The van der Waals surface area contributed by atoms with Crippen LogP contribution in [0.3, 0.4) is 0 Å². The highest BCUT2D eigenvalue weighted by atomic mass is 32.2. The van der Waals surface area contributed by atoms with Crippen molar-refractivity contribution in [2.45, 2.75) is 10.8 Å². The Morgan fingerprint density at radius 1 is 1.19 bits per heavy atom. The minimum atomic E-state index is -4.12. The molecule has 1 aliphatic rings. The van der Waals surface area contributed by atoms with Gasteiger partial charge >= 0.3 is 0 Å². The van der Waals surface area contributed by atoms with Crippen molar-refractivity contribution in [3.63, 3.8) is 0 Å². The average Bonchev–Trinajstić information content (AvgIpc) is 2.99. The summed E-state index contributed by atoms with van der Waals surface area (Å²) in [5.41, 5.74) is 6.28. The summed E-state index contributed by atoms with van der Waals surface area (Å²) in [4.78, 5) is 9.90. The van der Waals surface area contributed by atoms with Gasteiger partial charge in [-0.1, -0.05) is 12.1 Å². The Morgan fingerprint density at radius 3 is 2.30 bits per heavy atom. The normalized spacial score (nSPS) is 17.0. The molecule has 0 aliphatic carbocycles. The summed E-state index contributed by atoms with van der Waals surface area (Å²) < 4.78 is 39.8. The summed E-state index contributed by atoms with van der Waals surface area (Å²) in [6, 6.07) is 11.7. The summed E-state index contributed by atoms with van der Waals surface area (Å²) >= 11 is 0. The van der Waals surface area contributed by atoms with E-state index in [1.54, 1.807) is 0 Å². The van der Waals surface area contributed by atoms with Crippen molar-refractivity contribution in [2.24, 2.45) is 5.73 Å². The molecule has 1 aliphatic heterocycles. The zero-order chi connectivity index (χ0) is 19.8. The second-order valence-electron chi connectivity index (χ2n) is 5.80. The van der Waals surface area contributed by atoms with Crippen LogP contribution in [-0.2, 0) is 10.0 Å². The quantitative estimate of drug-likeness (QED) is 0.631. The molecule has 1 heterocycles. The summed E-state index contributed by atoms with van der Waals surface area (Å²) in [6.07, 6.45) is 0. The fourth-order valence-electron chi connectivity index (χ4n) is 2.87. The van der Waals surface area contributed by atoms with Crippen LogP contribution in [0.5, 0.6) is 0 Å². The number of hydrogen-bond donors (Lipinski definition) is 1. The third kappa shape index (κ3) is 3.20. The number of nitro benzene ring substituents is 1. The molecule has 2 N–H and O–H groups in total. The van der Waals surface area contributed by atoms with Crippen LogP contribution in [0.4, 0.5) is 10.1 Å². The van der Waals surface area contributed by atoms with Crippen molar-refractivity contribution < 1.29 is 17.7 Å². The number of benzene rings is 2. The number of halogens is 1. The van der Waals surface area contributed by atoms with E-state index in [0.717, 1.165) is 28.6 Å². The minimum absolute atomic E-state index is 0.0621. The monoisotopic (exact) mass is 388 g/mol. The van der Waals surface area contributed by atoms with Crippen LogP contribution >= 0.6 is 0 Å². The first-order chi connectivity index (χ1) is 12.8. The number of nitrogens with zero attached hydrogens (tertiary/aromatic N) is 3. The van der Waals surface area contributed by atoms with E-state index < -0.39 is 26.7 Å². The molecule has 0 amide bonds. The number of rotatable bonds is 4. The van der Waals surface area contributed by atoms with Gasteiger partial charge in [0.1, 0.15) is 11.6 Å². The minimum Gasteiger partial charge on any atom is -0.384 e. The van der Waals surface area contributed by atoms with Gasteiger partial charge in [-0.2, -0.15) is 5.26 Å². The van der Waals surface area contributed by atoms with E-state index in [2.05, 4.69) is 0 Å². The van der Waals surface area contributed by atoms with E-state index in [-0.39, 0.29) is 28.5 Å². The highest BCUT2D eigenvalue weighted by Gasteiger charge is 2.38. The van der Waals surface area contributed by atoms with E-state index in [1.165, 1.54) is 24.3 Å². The molecular weight excluding hydrogens is 375 g/mol. The first kappa shape index (κ1) is 18.3. The summed E-state index contributed by atoms with van der Waals surface area (Å²) in [5, 5.41) is 20.1. The van der Waals surface area contributed by atoms with Gasteiger partial charge in [0, 0.05) is 24.6 Å². The molecule has 3 rings (SSSR count). The van der Waals surface area contributed by atoms with Crippen LogP contribution in [0.1, 0.15) is 11.5 Å². The van der Waals surface area contributed by atoms with E-state index >= 15 is 0 Å². The molecule has 0 fully saturated rings. The Kier molecular flexibility index (Phi) is 4.55. The van der Waals surface area contributed by atoms with Crippen LogP contribution in [0.2, 0.25) is 0 Å². The SMILES string of the molecule is N#CC1=C(N)N(S(=O)(=O)c2ccc([N+](=O)[O-])cc2)CC1c1ccc(F)cc1. The largest absolute Gasteiger partial charge is 0.384 e. The number of non-ortho nitro benzene ring substituents is 1. The van der Waals surface area contributed by atoms with E-state index in [9.17, 15) is 28.2 Å². The van der Waals surface area contributed by atoms with Gasteiger partial charge in [0.15, 0.2) is 0 Å². The highest BCUT2D eigenvalue weighted by Crippen LogP contribution is 2.37. The van der Waals surface area contributed by atoms with E-state index in [4.69, 9.17) is 5.73 Å². The molecule has 1 unspecified atom stereocenters. The van der Waals surface area contributed by atoms with Crippen molar-refractivity contribution in [2.75, 3.05) is 6.54 Å². The Morgan fingerprint density at radius 2 is 1.78 bits per heavy atom. The van der Waals surface area contributed by atoms with Gasteiger partial charge < -0.3 is 5.73 Å². The summed E-state index contributed by atoms with van der Waals surface area (Å²) in [7, 11) is -4.12. The lowest BCUT2D eigenvalue weighted by atomic mass is 9.94. The molecule has 27 heavy (non-hydrogen) atoms. The van der Waals surface area contributed by atoms with Gasteiger partial charge in [0.05, 0.1) is 21.5 Å². The van der Waals surface area contributed by atoms with Gasteiger partial charge in [-0.05, 0) is 29.8 Å². The smallest absolute Gasteiger partial charge is 0.269 e. The predicted molar refractivity (Wildman–Crippen MR) is 93.0 cm³/mol. The van der Waals surface area contributed by atoms with Crippen LogP contribution in [0.25, 0.3) is 0 Å². The van der Waals surface area contributed by atoms with Gasteiger partial charge in [0.25, 0.3) is 15.7 Å². The van der Waals surface area contributed by atoms with Gasteiger partial charge in [-0.25, -0.2) is 12.8 Å². The van der Waals surface area contributed by atoms with Gasteiger partial charge in [-0.15, -0.1) is 0 Å². The number of nitriles is 1. The van der Waals surface area contributed by atoms with Gasteiger partial charge in [0.2, 0.25) is 0 Å². The average molecular weight is 388 g/mol. The van der Waals surface area contributed by atoms with Gasteiger partial charge in [-0.3, -0.25) is 14.4 Å². The maximum atomic E-state index is 13.2. The number of sulfonamides is 1. The maximum Gasteiger partial charge on any atom is 0.269 e. The molecule has 2 aromatic rings. The molecule has 0 bridgehead atoms. The van der Waals surface area contributed by atoms with Crippen molar-refractivity contribution >= 4 is 15.7 Å². The lowest BCUT2D eigenvalue weighted by Crippen LogP contribution is -2.32. The molecule has 0 radical (unpaired) electrons. The fourth-order valence-corrected chi connectivity index (χ4v) is 4.30. The summed E-state index contributed by atoms with van der Waals surface area (Å²) in [5.74, 6) is -1.31. The molecule has 0 aromatic heterocycles. The topological polar surface area (TPSA) is 130 Å². The van der Waals surface area contributed by atoms with Crippen LogP contribution in [-0.4, -0.2) is 24.2 Å². The number of nitro groups is 1. The first-order valence-corrected chi connectivity index (χ1v) is 9.12. The molecule has 10 heteroatoms. The lowest BCUT2D eigenvalue weighted by Gasteiger charge is -2.20. The third-order valence-electron chi connectivity index (χ3n) is 4.27. The molecule has 0 saturated carbocycles. The number of hydrogen-bond acceptors (Lipinski definition) is 6. The molecule has 1 atom stereocenters. The van der Waals surface area contributed by atoms with E-state index in [0.29, 0.717) is 5.56 Å². The van der Waals surface area contributed by atoms with Crippen molar-refractivity contribution in [1.82, 2.24) is 4.31 Å². The highest BCUT2D eigenvalue weighted by molar-refractivity contribution is 7.89. The van der Waals surface area contributed by atoms with Crippen molar-refractivity contribution in [1.29, 1.82) is 5.26 Å². The molecular formula is C17H13FN4O4S. The number of nitrogens with two attached hydrogens (primary N) is 1. The molecule has 138 valence electrons. The lowest BCUT2D eigenvalue weighted by molar-refractivity contribution is -0.384. The molecule has 0 saturated heterocycles. The van der Waals surface area contributed by atoms with Crippen LogP contribution in [0, 0.1) is 27.3 Å². The maximum absolute atomic E-state index is 13.2. The Hall–Kier alpha value is -3.45.